The molecule has 1 heterocycles. The Balaban J connectivity index is 2.19. The van der Waals surface area contributed by atoms with Gasteiger partial charge in [-0.25, -0.2) is 13.1 Å². The molecule has 1 aromatic heterocycles. The molecule has 0 radical (unpaired) electrons. The highest BCUT2D eigenvalue weighted by Crippen LogP contribution is 2.16. The van der Waals surface area contributed by atoms with Gasteiger partial charge in [0.1, 0.15) is 0 Å². The first kappa shape index (κ1) is 13.7. The van der Waals surface area contributed by atoms with E-state index in [1.165, 1.54) is 0 Å². The number of nitrogens with one attached hydrogen (secondary N) is 1. The third-order valence-electron chi connectivity index (χ3n) is 2.84. The van der Waals surface area contributed by atoms with Crippen LogP contribution in [-0.2, 0) is 16.6 Å². The van der Waals surface area contributed by atoms with Gasteiger partial charge in [0, 0.05) is 18.9 Å². The monoisotopic (exact) mass is 276 g/mol. The Morgan fingerprint density at radius 1 is 1.11 bits per heavy atom. The number of sulfonamides is 1. The molecule has 0 unspecified atom stereocenters. The second-order valence-electron chi connectivity index (χ2n) is 4.45. The van der Waals surface area contributed by atoms with E-state index in [9.17, 15) is 8.42 Å². The topological polar surface area (TPSA) is 59.1 Å². The van der Waals surface area contributed by atoms with Crippen molar-refractivity contribution in [3.63, 3.8) is 0 Å². The Morgan fingerprint density at radius 3 is 2.42 bits per heavy atom. The number of nitrogens with zero attached hydrogens (tertiary/aromatic N) is 1. The minimum absolute atomic E-state index is 0.262. The molecular weight excluding hydrogens is 260 g/mol. The van der Waals surface area contributed by atoms with Crippen LogP contribution in [0.2, 0.25) is 0 Å². The van der Waals surface area contributed by atoms with Crippen LogP contribution in [-0.4, -0.2) is 13.4 Å². The lowest BCUT2D eigenvalue weighted by atomic mass is 10.2. The van der Waals surface area contributed by atoms with Gasteiger partial charge in [-0.3, -0.25) is 4.98 Å². The highest BCUT2D eigenvalue weighted by atomic mass is 32.2. The van der Waals surface area contributed by atoms with Gasteiger partial charge >= 0.3 is 0 Å². The fourth-order valence-corrected chi connectivity index (χ4v) is 3.10. The summed E-state index contributed by atoms with van der Waals surface area (Å²) in [6.45, 7) is 4.00. The standard InChI is InChI=1S/C14H16N2O2S/c1-11-3-4-14(12(2)9-11)19(17,18)16-10-13-5-7-15-8-6-13/h3-9,16H,10H2,1-2H3. The summed E-state index contributed by atoms with van der Waals surface area (Å²) in [6, 6.07) is 8.86. The molecule has 0 aliphatic carbocycles. The number of rotatable bonds is 4. The number of hydrogen-bond acceptors (Lipinski definition) is 3. The largest absolute Gasteiger partial charge is 0.265 e. The van der Waals surface area contributed by atoms with Crippen molar-refractivity contribution in [1.29, 1.82) is 0 Å². The molecule has 0 aliphatic heterocycles. The van der Waals surface area contributed by atoms with E-state index in [1.54, 1.807) is 43.6 Å². The van der Waals surface area contributed by atoms with Crippen molar-refractivity contribution in [1.82, 2.24) is 9.71 Å². The SMILES string of the molecule is Cc1ccc(S(=O)(=O)NCc2ccncc2)c(C)c1. The molecule has 0 spiro atoms. The zero-order valence-electron chi connectivity index (χ0n) is 10.9. The van der Waals surface area contributed by atoms with Gasteiger partial charge in [-0.05, 0) is 43.2 Å². The van der Waals surface area contributed by atoms with Gasteiger partial charge in [0.05, 0.1) is 4.90 Å². The van der Waals surface area contributed by atoms with Crippen LogP contribution in [0.15, 0.2) is 47.6 Å². The summed E-state index contributed by atoms with van der Waals surface area (Å²) in [6.07, 6.45) is 3.28. The van der Waals surface area contributed by atoms with Crippen LogP contribution in [0.1, 0.15) is 16.7 Å². The Morgan fingerprint density at radius 2 is 1.79 bits per heavy atom. The highest BCUT2D eigenvalue weighted by Gasteiger charge is 2.16. The average molecular weight is 276 g/mol. The minimum atomic E-state index is -3.48. The molecule has 2 aromatic rings. The third kappa shape index (κ3) is 3.39. The van der Waals surface area contributed by atoms with Gasteiger partial charge < -0.3 is 0 Å². The van der Waals surface area contributed by atoms with E-state index in [0.717, 1.165) is 16.7 Å². The van der Waals surface area contributed by atoms with Crippen LogP contribution >= 0.6 is 0 Å². The van der Waals surface area contributed by atoms with Gasteiger partial charge in [-0.1, -0.05) is 17.7 Å². The van der Waals surface area contributed by atoms with E-state index < -0.39 is 10.0 Å². The molecule has 0 saturated carbocycles. The van der Waals surface area contributed by atoms with Crippen LogP contribution < -0.4 is 4.72 Å². The predicted octanol–water partition coefficient (Wildman–Crippen LogP) is 2.18. The summed E-state index contributed by atoms with van der Waals surface area (Å²) in [7, 11) is -3.48. The molecule has 0 saturated heterocycles. The summed E-state index contributed by atoms with van der Waals surface area (Å²) >= 11 is 0. The Hall–Kier alpha value is -1.72. The number of aryl methyl sites for hydroxylation is 2. The van der Waals surface area contributed by atoms with Crippen LogP contribution in [0.3, 0.4) is 0 Å². The number of benzene rings is 1. The quantitative estimate of drug-likeness (QED) is 0.931. The van der Waals surface area contributed by atoms with Crippen LogP contribution in [0, 0.1) is 13.8 Å². The Bertz CT molecular complexity index is 667. The molecule has 0 fully saturated rings. The number of hydrogen-bond donors (Lipinski definition) is 1. The van der Waals surface area contributed by atoms with Crippen molar-refractivity contribution in [3.8, 4) is 0 Å². The first-order valence-corrected chi connectivity index (χ1v) is 7.43. The lowest BCUT2D eigenvalue weighted by Crippen LogP contribution is -2.24. The average Bonchev–Trinajstić information content (AvgIpc) is 2.37. The van der Waals surface area contributed by atoms with Crippen molar-refractivity contribution in [2.75, 3.05) is 0 Å². The molecule has 5 heteroatoms. The Labute approximate surface area is 113 Å². The van der Waals surface area contributed by atoms with Crippen molar-refractivity contribution >= 4 is 10.0 Å². The van der Waals surface area contributed by atoms with Gasteiger partial charge in [-0.2, -0.15) is 0 Å². The Kier molecular flexibility index (Phi) is 3.97. The summed E-state index contributed by atoms with van der Waals surface area (Å²) in [5.74, 6) is 0. The normalized spacial score (nSPS) is 11.5. The molecule has 2 rings (SSSR count). The maximum Gasteiger partial charge on any atom is 0.241 e. The van der Waals surface area contributed by atoms with E-state index in [-0.39, 0.29) is 6.54 Å². The molecule has 0 bridgehead atoms. The van der Waals surface area contributed by atoms with Gasteiger partial charge in [0.15, 0.2) is 0 Å². The summed E-state index contributed by atoms with van der Waals surface area (Å²) in [5, 5.41) is 0. The van der Waals surface area contributed by atoms with E-state index in [4.69, 9.17) is 0 Å². The second kappa shape index (κ2) is 5.50. The van der Waals surface area contributed by atoms with Crippen LogP contribution in [0.5, 0.6) is 0 Å². The van der Waals surface area contributed by atoms with E-state index >= 15 is 0 Å². The van der Waals surface area contributed by atoms with Crippen molar-refractivity contribution in [2.45, 2.75) is 25.3 Å². The molecule has 100 valence electrons. The zero-order valence-corrected chi connectivity index (χ0v) is 11.7. The van der Waals surface area contributed by atoms with Gasteiger partial charge in [0.25, 0.3) is 0 Å². The van der Waals surface area contributed by atoms with Crippen molar-refractivity contribution in [2.24, 2.45) is 0 Å². The lowest BCUT2D eigenvalue weighted by molar-refractivity contribution is 0.580. The summed E-state index contributed by atoms with van der Waals surface area (Å²) < 4.78 is 27.0. The lowest BCUT2D eigenvalue weighted by Gasteiger charge is -2.09. The smallest absolute Gasteiger partial charge is 0.241 e. The fraction of sp³-hybridized carbons (Fsp3) is 0.214. The minimum Gasteiger partial charge on any atom is -0.265 e. The zero-order chi connectivity index (χ0) is 13.9. The molecule has 0 amide bonds. The first-order chi connectivity index (χ1) is 8.99. The summed E-state index contributed by atoms with van der Waals surface area (Å²) in [4.78, 5) is 4.22. The maximum atomic E-state index is 12.2. The van der Waals surface area contributed by atoms with Crippen LogP contribution in [0.25, 0.3) is 0 Å². The molecule has 19 heavy (non-hydrogen) atoms. The first-order valence-electron chi connectivity index (χ1n) is 5.95. The molecular formula is C14H16N2O2S. The highest BCUT2D eigenvalue weighted by molar-refractivity contribution is 7.89. The molecule has 0 atom stereocenters. The summed E-state index contributed by atoms with van der Waals surface area (Å²) in [5.41, 5.74) is 2.68. The van der Waals surface area contributed by atoms with E-state index in [1.807, 2.05) is 13.0 Å². The number of aromatic nitrogens is 1. The van der Waals surface area contributed by atoms with Gasteiger partial charge in [0.2, 0.25) is 10.0 Å². The second-order valence-corrected chi connectivity index (χ2v) is 6.18. The van der Waals surface area contributed by atoms with E-state index in [2.05, 4.69) is 9.71 Å². The molecule has 1 aromatic carbocycles. The molecule has 0 aliphatic rings. The van der Waals surface area contributed by atoms with Gasteiger partial charge in [-0.15, -0.1) is 0 Å². The van der Waals surface area contributed by atoms with Crippen molar-refractivity contribution < 1.29 is 8.42 Å². The molecule has 4 nitrogen and oxygen atoms in total. The van der Waals surface area contributed by atoms with Crippen LogP contribution in [0.4, 0.5) is 0 Å². The third-order valence-corrected chi connectivity index (χ3v) is 4.40. The number of pyridine rings is 1. The molecule has 1 N–H and O–H groups in total. The maximum absolute atomic E-state index is 12.2. The predicted molar refractivity (Wildman–Crippen MR) is 74.2 cm³/mol. The fourth-order valence-electron chi connectivity index (χ4n) is 1.86. The van der Waals surface area contributed by atoms with Crippen molar-refractivity contribution in [3.05, 3.63) is 59.4 Å². The van der Waals surface area contributed by atoms with E-state index in [0.29, 0.717) is 4.90 Å².